The largest absolute Gasteiger partial charge is 0.355 e. The van der Waals surface area contributed by atoms with Gasteiger partial charge in [-0.2, -0.15) is 0 Å². The first kappa shape index (κ1) is 16.4. The molecule has 2 aromatic heterocycles. The van der Waals surface area contributed by atoms with Crippen LogP contribution in [0.25, 0.3) is 5.65 Å². The van der Waals surface area contributed by atoms with Crippen LogP contribution in [0, 0.1) is 19.8 Å². The van der Waals surface area contributed by atoms with Crippen LogP contribution in [-0.2, 0) is 4.79 Å². The van der Waals surface area contributed by atoms with E-state index in [4.69, 9.17) is 0 Å². The Morgan fingerprint density at radius 2 is 1.96 bits per heavy atom. The number of piperidine rings is 1. The maximum atomic E-state index is 12.6. The zero-order valence-corrected chi connectivity index (χ0v) is 14.9. The minimum absolute atomic E-state index is 0.0173. The molecule has 0 saturated carbocycles. The number of benzene rings is 1. The van der Waals surface area contributed by atoms with Crippen molar-refractivity contribution in [1.82, 2.24) is 25.3 Å². The Morgan fingerprint density at radius 3 is 2.73 bits per heavy atom. The summed E-state index contributed by atoms with van der Waals surface area (Å²) in [6.45, 7) is 5.64. The van der Waals surface area contributed by atoms with Crippen LogP contribution in [0.4, 0.5) is 11.5 Å². The van der Waals surface area contributed by atoms with Crippen molar-refractivity contribution in [2.45, 2.75) is 26.7 Å². The first-order valence-corrected chi connectivity index (χ1v) is 8.78. The molecule has 0 bridgehead atoms. The standard InChI is InChI=1S/C18H21N7O/c1-12-3-4-15(13(2)11-12)19-18(26)14-7-9-24(10-8-14)17-6-5-16-20-22-23-25(16)21-17/h3-6,11,14H,7-10H2,1-2H3,(H,19,26). The SMILES string of the molecule is Cc1ccc(NC(=O)C2CCN(c3ccc4nnnn4n3)CC2)c(C)c1. The summed E-state index contributed by atoms with van der Waals surface area (Å²) in [5.74, 6) is 0.947. The Labute approximate surface area is 151 Å². The van der Waals surface area contributed by atoms with Crippen LogP contribution in [0.5, 0.6) is 0 Å². The number of carbonyl (C=O) groups excluding carboxylic acids is 1. The van der Waals surface area contributed by atoms with E-state index in [0.29, 0.717) is 5.65 Å². The van der Waals surface area contributed by atoms with Gasteiger partial charge in [-0.15, -0.1) is 14.8 Å². The van der Waals surface area contributed by atoms with Gasteiger partial charge in [-0.3, -0.25) is 4.79 Å². The molecule has 8 heteroatoms. The van der Waals surface area contributed by atoms with Crippen LogP contribution in [0.2, 0.25) is 0 Å². The van der Waals surface area contributed by atoms with E-state index >= 15 is 0 Å². The molecule has 1 amide bonds. The molecular formula is C18H21N7O. The number of nitrogens with one attached hydrogen (secondary N) is 1. The maximum absolute atomic E-state index is 12.6. The first-order chi connectivity index (χ1) is 12.6. The number of fused-ring (bicyclic) bond motifs is 1. The molecule has 1 aliphatic rings. The molecule has 0 aliphatic carbocycles. The van der Waals surface area contributed by atoms with Crippen LogP contribution in [0.1, 0.15) is 24.0 Å². The molecular weight excluding hydrogens is 330 g/mol. The number of tetrazole rings is 1. The van der Waals surface area contributed by atoms with Crippen LogP contribution >= 0.6 is 0 Å². The molecule has 0 radical (unpaired) electrons. The van der Waals surface area contributed by atoms with E-state index < -0.39 is 0 Å². The van der Waals surface area contributed by atoms with Crippen molar-refractivity contribution in [3.05, 3.63) is 41.5 Å². The molecule has 1 N–H and O–H groups in total. The molecule has 0 unspecified atom stereocenters. The minimum Gasteiger partial charge on any atom is -0.355 e. The van der Waals surface area contributed by atoms with Gasteiger partial charge >= 0.3 is 0 Å². The Morgan fingerprint density at radius 1 is 1.15 bits per heavy atom. The Bertz CT molecular complexity index is 944. The molecule has 0 spiro atoms. The maximum Gasteiger partial charge on any atom is 0.227 e. The first-order valence-electron chi connectivity index (χ1n) is 8.78. The number of anilines is 2. The second-order valence-corrected chi connectivity index (χ2v) is 6.79. The number of amides is 1. The van der Waals surface area contributed by atoms with Gasteiger partial charge in [0.1, 0.15) is 0 Å². The highest BCUT2D eigenvalue weighted by molar-refractivity contribution is 5.93. The Balaban J connectivity index is 1.38. The van der Waals surface area contributed by atoms with Crippen molar-refractivity contribution in [1.29, 1.82) is 0 Å². The normalized spacial score (nSPS) is 15.4. The van der Waals surface area contributed by atoms with Crippen molar-refractivity contribution in [3.63, 3.8) is 0 Å². The van der Waals surface area contributed by atoms with E-state index in [1.165, 1.54) is 10.2 Å². The van der Waals surface area contributed by atoms with Crippen molar-refractivity contribution in [2.75, 3.05) is 23.3 Å². The highest BCUT2D eigenvalue weighted by Gasteiger charge is 2.26. The fourth-order valence-electron chi connectivity index (χ4n) is 3.37. The highest BCUT2D eigenvalue weighted by Crippen LogP contribution is 2.24. The summed E-state index contributed by atoms with van der Waals surface area (Å²) in [6, 6.07) is 9.84. The predicted molar refractivity (Wildman–Crippen MR) is 98.1 cm³/mol. The van der Waals surface area contributed by atoms with Gasteiger partial charge in [-0.1, -0.05) is 17.7 Å². The lowest BCUT2D eigenvalue weighted by Gasteiger charge is -2.32. The Hall–Kier alpha value is -3.03. The number of hydrogen-bond donors (Lipinski definition) is 1. The van der Waals surface area contributed by atoms with Crippen LogP contribution in [0.3, 0.4) is 0 Å². The smallest absolute Gasteiger partial charge is 0.227 e. The van der Waals surface area contributed by atoms with E-state index in [9.17, 15) is 4.79 Å². The number of aryl methyl sites for hydroxylation is 2. The van der Waals surface area contributed by atoms with Crippen molar-refractivity contribution in [2.24, 2.45) is 5.92 Å². The second-order valence-electron chi connectivity index (χ2n) is 6.79. The molecule has 0 atom stereocenters. The average Bonchev–Trinajstić information content (AvgIpc) is 3.12. The molecule has 3 heterocycles. The van der Waals surface area contributed by atoms with E-state index in [0.717, 1.165) is 43.0 Å². The zero-order valence-electron chi connectivity index (χ0n) is 14.9. The van der Waals surface area contributed by atoms with Crippen LogP contribution in [-0.4, -0.2) is 44.3 Å². The second kappa shape index (κ2) is 6.70. The third-order valence-electron chi connectivity index (χ3n) is 4.88. The van der Waals surface area contributed by atoms with Crippen molar-refractivity contribution in [3.8, 4) is 0 Å². The quantitative estimate of drug-likeness (QED) is 0.776. The predicted octanol–water partition coefficient (Wildman–Crippen LogP) is 1.99. The molecule has 3 aromatic rings. The van der Waals surface area contributed by atoms with E-state index in [1.54, 1.807) is 0 Å². The topological polar surface area (TPSA) is 88.3 Å². The molecule has 1 aliphatic heterocycles. The van der Waals surface area contributed by atoms with E-state index in [1.807, 2.05) is 31.2 Å². The summed E-state index contributed by atoms with van der Waals surface area (Å²) in [4.78, 5) is 14.8. The molecule has 134 valence electrons. The number of nitrogens with zero attached hydrogens (tertiary/aromatic N) is 6. The summed E-state index contributed by atoms with van der Waals surface area (Å²) in [5, 5.41) is 18.8. The van der Waals surface area contributed by atoms with Gasteiger partial charge in [0, 0.05) is 24.7 Å². The van der Waals surface area contributed by atoms with Crippen LogP contribution < -0.4 is 10.2 Å². The fourth-order valence-corrected chi connectivity index (χ4v) is 3.37. The number of hydrogen-bond acceptors (Lipinski definition) is 6. The van der Waals surface area contributed by atoms with Gasteiger partial charge in [-0.05, 0) is 60.9 Å². The van der Waals surface area contributed by atoms with Gasteiger partial charge in [0.15, 0.2) is 11.5 Å². The van der Waals surface area contributed by atoms with Gasteiger partial charge < -0.3 is 10.2 Å². The molecule has 8 nitrogen and oxygen atoms in total. The lowest BCUT2D eigenvalue weighted by Crippen LogP contribution is -2.38. The van der Waals surface area contributed by atoms with Crippen LogP contribution in [0.15, 0.2) is 30.3 Å². The zero-order chi connectivity index (χ0) is 18.1. The summed E-state index contributed by atoms with van der Waals surface area (Å²) < 4.78 is 1.42. The molecule has 4 rings (SSSR count). The van der Waals surface area contributed by atoms with E-state index in [-0.39, 0.29) is 11.8 Å². The Kier molecular flexibility index (Phi) is 4.24. The number of rotatable bonds is 3. The number of carbonyl (C=O) groups is 1. The fraction of sp³-hybridized carbons (Fsp3) is 0.389. The number of aromatic nitrogens is 5. The molecule has 1 fully saturated rings. The summed E-state index contributed by atoms with van der Waals surface area (Å²) in [7, 11) is 0. The average molecular weight is 351 g/mol. The van der Waals surface area contributed by atoms with Crippen molar-refractivity contribution >= 4 is 23.1 Å². The van der Waals surface area contributed by atoms with Crippen molar-refractivity contribution < 1.29 is 4.79 Å². The molecule has 26 heavy (non-hydrogen) atoms. The lowest BCUT2D eigenvalue weighted by molar-refractivity contribution is -0.120. The highest BCUT2D eigenvalue weighted by atomic mass is 16.1. The third-order valence-corrected chi connectivity index (χ3v) is 4.88. The van der Waals surface area contributed by atoms with Gasteiger partial charge in [0.2, 0.25) is 5.91 Å². The summed E-state index contributed by atoms with van der Waals surface area (Å²) in [5.41, 5.74) is 3.81. The lowest BCUT2D eigenvalue weighted by atomic mass is 9.95. The van der Waals surface area contributed by atoms with Gasteiger partial charge in [-0.25, -0.2) is 0 Å². The molecule has 1 saturated heterocycles. The summed E-state index contributed by atoms with van der Waals surface area (Å²) >= 11 is 0. The van der Waals surface area contributed by atoms with Gasteiger partial charge in [0.25, 0.3) is 0 Å². The monoisotopic (exact) mass is 351 g/mol. The third kappa shape index (κ3) is 3.22. The summed E-state index contributed by atoms with van der Waals surface area (Å²) in [6.07, 6.45) is 1.60. The minimum atomic E-state index is 0.0173. The molecule has 1 aromatic carbocycles. The van der Waals surface area contributed by atoms with E-state index in [2.05, 4.69) is 43.8 Å². The van der Waals surface area contributed by atoms with Gasteiger partial charge in [0.05, 0.1) is 0 Å².